The first kappa shape index (κ1) is 26.4. The van der Waals surface area contributed by atoms with Crippen LogP contribution in [0.3, 0.4) is 0 Å². The van der Waals surface area contributed by atoms with Crippen LogP contribution in [0.5, 0.6) is 0 Å². The minimum Gasteiger partial charge on any atom is -0.0885 e. The molecule has 0 aliphatic rings. The zero-order valence-corrected chi connectivity index (χ0v) is 18.8. The maximum absolute atomic E-state index is 2.37. The Morgan fingerprint density at radius 2 is 0.750 bits per heavy atom. The van der Waals surface area contributed by atoms with E-state index in [0.29, 0.717) is 0 Å². The lowest BCUT2D eigenvalue weighted by atomic mass is 10.1. The molecule has 0 rings (SSSR count). The van der Waals surface area contributed by atoms with E-state index in [9.17, 15) is 0 Å². The molecule has 0 saturated heterocycles. The van der Waals surface area contributed by atoms with Crippen molar-refractivity contribution >= 4 is 0 Å². The van der Waals surface area contributed by atoms with Gasteiger partial charge in [-0.05, 0) is 38.5 Å². The molecule has 0 N–H and O–H groups in total. The first-order valence-electron chi connectivity index (χ1n) is 11.9. The van der Waals surface area contributed by atoms with E-state index in [4.69, 9.17) is 0 Å². The standard InChI is InChI=1S/C28H46/c1-3-5-7-9-11-13-15-17-19-21-23-25-27-28-26-24-22-20-18-16-14-12-10-8-6-4-2/h5,7-11,13,15,17,19,21,23H,3-4,6,12,14,16,18,20,22,24-28H2,1-2H3/b7-5+,10-8+,11-9+,15-13+,19-17+,23-21+. The van der Waals surface area contributed by atoms with Crippen molar-refractivity contribution in [3.63, 3.8) is 0 Å². The average molecular weight is 383 g/mol. The molecule has 0 nitrogen and oxygen atoms in total. The monoisotopic (exact) mass is 382 g/mol. The molecule has 0 heterocycles. The first-order chi connectivity index (χ1) is 13.9. The largest absolute Gasteiger partial charge is 0.0885 e. The Morgan fingerprint density at radius 3 is 1.25 bits per heavy atom. The number of allylic oxidation sites excluding steroid dienone is 12. The van der Waals surface area contributed by atoms with Gasteiger partial charge in [-0.1, -0.05) is 138 Å². The van der Waals surface area contributed by atoms with Crippen LogP contribution in [0.15, 0.2) is 72.9 Å². The molecule has 0 amide bonds. The van der Waals surface area contributed by atoms with Crippen molar-refractivity contribution in [2.75, 3.05) is 0 Å². The SMILES string of the molecule is CC/C=C/C=C/C=C/C=C/C=C/CCCCCCCCCCC/C=C/CCC. The lowest BCUT2D eigenvalue weighted by molar-refractivity contribution is 0.561. The van der Waals surface area contributed by atoms with Crippen molar-refractivity contribution in [1.29, 1.82) is 0 Å². The summed E-state index contributed by atoms with van der Waals surface area (Å²) >= 11 is 0. The highest BCUT2D eigenvalue weighted by atomic mass is 14.0. The summed E-state index contributed by atoms with van der Waals surface area (Å²) in [4.78, 5) is 0. The van der Waals surface area contributed by atoms with E-state index in [-0.39, 0.29) is 0 Å². The van der Waals surface area contributed by atoms with E-state index in [2.05, 4.69) is 86.8 Å². The number of unbranched alkanes of at least 4 members (excludes halogenated alkanes) is 11. The third-order valence-electron chi connectivity index (χ3n) is 4.65. The molecule has 0 aliphatic carbocycles. The lowest BCUT2D eigenvalue weighted by Crippen LogP contribution is -1.81. The van der Waals surface area contributed by atoms with E-state index in [1.165, 1.54) is 83.5 Å². The van der Waals surface area contributed by atoms with Gasteiger partial charge in [0.2, 0.25) is 0 Å². The van der Waals surface area contributed by atoms with Gasteiger partial charge in [-0.15, -0.1) is 0 Å². The molecule has 0 aromatic heterocycles. The molecule has 0 aromatic rings. The van der Waals surface area contributed by atoms with Crippen LogP contribution >= 0.6 is 0 Å². The molecule has 0 aromatic carbocycles. The Balaban J connectivity index is 3.31. The van der Waals surface area contributed by atoms with Crippen LogP contribution in [0.25, 0.3) is 0 Å². The lowest BCUT2D eigenvalue weighted by Gasteiger charge is -2.01. The molecule has 0 bridgehead atoms. The van der Waals surface area contributed by atoms with E-state index in [1.54, 1.807) is 0 Å². The molecular weight excluding hydrogens is 336 g/mol. The second kappa shape index (κ2) is 25.4. The Hall–Kier alpha value is -1.56. The fourth-order valence-electron chi connectivity index (χ4n) is 2.94. The van der Waals surface area contributed by atoms with Gasteiger partial charge in [0.25, 0.3) is 0 Å². The minimum atomic E-state index is 1.09. The van der Waals surface area contributed by atoms with Crippen molar-refractivity contribution in [2.24, 2.45) is 0 Å². The zero-order valence-electron chi connectivity index (χ0n) is 18.8. The van der Waals surface area contributed by atoms with Crippen molar-refractivity contribution in [3.8, 4) is 0 Å². The summed E-state index contributed by atoms with van der Waals surface area (Å²) in [5, 5.41) is 0. The van der Waals surface area contributed by atoms with Crippen LogP contribution in [-0.2, 0) is 0 Å². The fraction of sp³-hybridized carbons (Fsp3) is 0.571. The quantitative estimate of drug-likeness (QED) is 0.118. The number of hydrogen-bond donors (Lipinski definition) is 0. The predicted molar refractivity (Wildman–Crippen MR) is 131 cm³/mol. The Kier molecular flexibility index (Phi) is 24.0. The Morgan fingerprint density at radius 1 is 0.357 bits per heavy atom. The van der Waals surface area contributed by atoms with Gasteiger partial charge in [0, 0.05) is 0 Å². The molecule has 0 radical (unpaired) electrons. The molecule has 0 atom stereocenters. The second-order valence-electron chi connectivity index (χ2n) is 7.44. The predicted octanol–water partition coefficient (Wildman–Crippen LogP) is 9.82. The highest BCUT2D eigenvalue weighted by molar-refractivity contribution is 5.17. The molecule has 0 aliphatic heterocycles. The summed E-state index contributed by atoms with van der Waals surface area (Å²) < 4.78 is 0. The summed E-state index contributed by atoms with van der Waals surface area (Å²) in [6.07, 6.45) is 44.6. The van der Waals surface area contributed by atoms with Crippen molar-refractivity contribution in [1.82, 2.24) is 0 Å². The summed E-state index contributed by atoms with van der Waals surface area (Å²) in [6.45, 7) is 4.39. The Bertz CT molecular complexity index is 456. The minimum absolute atomic E-state index is 1.09. The highest BCUT2D eigenvalue weighted by Crippen LogP contribution is 2.11. The van der Waals surface area contributed by atoms with E-state index in [1.807, 2.05) is 0 Å². The molecule has 0 saturated carbocycles. The average Bonchev–Trinajstić information content (AvgIpc) is 2.71. The molecule has 0 fully saturated rings. The van der Waals surface area contributed by atoms with Gasteiger partial charge in [-0.2, -0.15) is 0 Å². The van der Waals surface area contributed by atoms with Crippen molar-refractivity contribution < 1.29 is 0 Å². The van der Waals surface area contributed by atoms with Gasteiger partial charge in [-0.3, -0.25) is 0 Å². The Labute approximate surface area is 176 Å². The second-order valence-corrected chi connectivity index (χ2v) is 7.44. The fourth-order valence-corrected chi connectivity index (χ4v) is 2.94. The van der Waals surface area contributed by atoms with E-state index < -0.39 is 0 Å². The molecule has 28 heavy (non-hydrogen) atoms. The number of hydrogen-bond acceptors (Lipinski definition) is 0. The topological polar surface area (TPSA) is 0 Å². The summed E-state index contributed by atoms with van der Waals surface area (Å²) in [5.74, 6) is 0. The molecule has 0 unspecified atom stereocenters. The van der Waals surface area contributed by atoms with Gasteiger partial charge in [0.15, 0.2) is 0 Å². The third kappa shape index (κ3) is 24.4. The zero-order chi connectivity index (χ0) is 20.4. The van der Waals surface area contributed by atoms with Crippen LogP contribution in [0.4, 0.5) is 0 Å². The molecular formula is C28H46. The summed E-state index contributed by atoms with van der Waals surface area (Å²) in [7, 11) is 0. The van der Waals surface area contributed by atoms with Crippen LogP contribution in [0.2, 0.25) is 0 Å². The van der Waals surface area contributed by atoms with Gasteiger partial charge in [0.05, 0.1) is 0 Å². The van der Waals surface area contributed by atoms with Gasteiger partial charge in [0.1, 0.15) is 0 Å². The molecule has 0 spiro atoms. The van der Waals surface area contributed by atoms with Crippen molar-refractivity contribution in [3.05, 3.63) is 72.9 Å². The summed E-state index contributed by atoms with van der Waals surface area (Å²) in [6, 6.07) is 0. The maximum atomic E-state index is 2.37. The van der Waals surface area contributed by atoms with E-state index in [0.717, 1.165) is 6.42 Å². The molecule has 0 heteroatoms. The normalized spacial score (nSPS) is 13.1. The van der Waals surface area contributed by atoms with E-state index >= 15 is 0 Å². The van der Waals surface area contributed by atoms with Crippen LogP contribution < -0.4 is 0 Å². The third-order valence-corrected chi connectivity index (χ3v) is 4.65. The van der Waals surface area contributed by atoms with Crippen LogP contribution in [-0.4, -0.2) is 0 Å². The molecule has 158 valence electrons. The summed E-state index contributed by atoms with van der Waals surface area (Å²) in [5.41, 5.74) is 0. The van der Waals surface area contributed by atoms with Gasteiger partial charge < -0.3 is 0 Å². The maximum Gasteiger partial charge on any atom is -0.0348 e. The van der Waals surface area contributed by atoms with Gasteiger partial charge in [-0.25, -0.2) is 0 Å². The van der Waals surface area contributed by atoms with Crippen LogP contribution in [0, 0.1) is 0 Å². The number of rotatable bonds is 19. The first-order valence-corrected chi connectivity index (χ1v) is 11.9. The van der Waals surface area contributed by atoms with Crippen LogP contribution in [0.1, 0.15) is 104 Å². The smallest absolute Gasteiger partial charge is 0.0348 e. The van der Waals surface area contributed by atoms with Gasteiger partial charge >= 0.3 is 0 Å². The highest BCUT2D eigenvalue weighted by Gasteiger charge is 1.92. The van der Waals surface area contributed by atoms with Crippen molar-refractivity contribution in [2.45, 2.75) is 104 Å².